The van der Waals surface area contributed by atoms with Crippen LogP contribution in [-0.2, 0) is 0 Å². The molecule has 0 aliphatic rings. The van der Waals surface area contributed by atoms with Crippen molar-refractivity contribution < 1.29 is 9.59 Å². The molecule has 6 heteroatoms. The Kier molecular flexibility index (Phi) is 3.71. The Labute approximate surface area is 118 Å². The summed E-state index contributed by atoms with van der Waals surface area (Å²) in [4.78, 5) is 25.8. The fraction of sp³-hybridized carbons (Fsp3) is 0.0769. The number of anilines is 1. The lowest BCUT2D eigenvalue weighted by Gasteiger charge is -2.08. The zero-order valence-corrected chi connectivity index (χ0v) is 11.7. The standard InChI is InChI=1S/C13H12BrN3O2/c1-7-4-8(12(15)18)2-3-10(7)17-13(19)11-5-9(14)6-16-11/h2-6,16H,1H3,(H2,15,18)(H,17,19). The minimum Gasteiger partial charge on any atom is -0.366 e. The first-order valence-corrected chi connectivity index (χ1v) is 6.32. The van der Waals surface area contributed by atoms with Crippen molar-refractivity contribution in [3.8, 4) is 0 Å². The zero-order valence-electron chi connectivity index (χ0n) is 10.2. The number of aromatic nitrogens is 1. The van der Waals surface area contributed by atoms with Gasteiger partial charge in [0.25, 0.3) is 5.91 Å². The summed E-state index contributed by atoms with van der Waals surface area (Å²) in [6.07, 6.45) is 1.68. The summed E-state index contributed by atoms with van der Waals surface area (Å²) in [5, 5.41) is 2.76. The molecular weight excluding hydrogens is 310 g/mol. The highest BCUT2D eigenvalue weighted by molar-refractivity contribution is 9.10. The van der Waals surface area contributed by atoms with Crippen LogP contribution >= 0.6 is 15.9 Å². The second-order valence-electron chi connectivity index (χ2n) is 4.08. The normalized spacial score (nSPS) is 10.2. The number of hydrogen-bond acceptors (Lipinski definition) is 2. The fourth-order valence-corrected chi connectivity index (χ4v) is 1.99. The quantitative estimate of drug-likeness (QED) is 0.810. The van der Waals surface area contributed by atoms with Crippen LogP contribution in [0.25, 0.3) is 0 Å². The van der Waals surface area contributed by atoms with Gasteiger partial charge in [-0.05, 0) is 52.7 Å². The molecule has 0 saturated heterocycles. The van der Waals surface area contributed by atoms with E-state index in [4.69, 9.17) is 5.73 Å². The number of amides is 2. The van der Waals surface area contributed by atoms with Crippen LogP contribution in [0, 0.1) is 6.92 Å². The predicted molar refractivity (Wildman–Crippen MR) is 76.1 cm³/mol. The van der Waals surface area contributed by atoms with Crippen molar-refractivity contribution in [2.45, 2.75) is 6.92 Å². The molecule has 19 heavy (non-hydrogen) atoms. The molecule has 0 spiro atoms. The molecule has 1 aromatic heterocycles. The van der Waals surface area contributed by atoms with E-state index >= 15 is 0 Å². The molecule has 0 aliphatic heterocycles. The molecule has 0 atom stereocenters. The summed E-state index contributed by atoms with van der Waals surface area (Å²) in [7, 11) is 0. The van der Waals surface area contributed by atoms with Gasteiger partial charge in [0.2, 0.25) is 5.91 Å². The first-order valence-electron chi connectivity index (χ1n) is 5.53. The van der Waals surface area contributed by atoms with E-state index in [2.05, 4.69) is 26.2 Å². The van der Waals surface area contributed by atoms with Crippen LogP contribution in [-0.4, -0.2) is 16.8 Å². The summed E-state index contributed by atoms with van der Waals surface area (Å²) in [5.74, 6) is -0.741. The molecule has 4 N–H and O–H groups in total. The van der Waals surface area contributed by atoms with E-state index in [9.17, 15) is 9.59 Å². The number of nitrogens with one attached hydrogen (secondary N) is 2. The highest BCUT2D eigenvalue weighted by atomic mass is 79.9. The molecule has 0 bridgehead atoms. The van der Waals surface area contributed by atoms with Gasteiger partial charge in [-0.2, -0.15) is 0 Å². The molecule has 0 aliphatic carbocycles. The Balaban J connectivity index is 2.20. The third-order valence-corrected chi connectivity index (χ3v) is 3.11. The molecule has 0 radical (unpaired) electrons. The number of primary amides is 1. The van der Waals surface area contributed by atoms with Gasteiger partial charge < -0.3 is 16.0 Å². The summed E-state index contributed by atoms with van der Waals surface area (Å²) >= 11 is 3.26. The summed E-state index contributed by atoms with van der Waals surface area (Å²) in [5.41, 5.74) is 7.47. The highest BCUT2D eigenvalue weighted by Gasteiger charge is 2.10. The molecule has 1 aromatic carbocycles. The number of carbonyl (C=O) groups excluding carboxylic acids is 2. The predicted octanol–water partition coefficient (Wildman–Crippen LogP) is 2.44. The van der Waals surface area contributed by atoms with Crippen molar-refractivity contribution in [2.24, 2.45) is 5.73 Å². The molecule has 2 rings (SSSR count). The van der Waals surface area contributed by atoms with Gasteiger partial charge in [0, 0.05) is 21.9 Å². The monoisotopic (exact) mass is 321 g/mol. The van der Waals surface area contributed by atoms with E-state index in [0.29, 0.717) is 16.9 Å². The number of aromatic amines is 1. The van der Waals surface area contributed by atoms with E-state index in [0.717, 1.165) is 10.0 Å². The van der Waals surface area contributed by atoms with Crippen molar-refractivity contribution in [1.82, 2.24) is 4.98 Å². The number of hydrogen-bond donors (Lipinski definition) is 3. The van der Waals surface area contributed by atoms with E-state index in [1.165, 1.54) is 0 Å². The van der Waals surface area contributed by atoms with Gasteiger partial charge in [0.15, 0.2) is 0 Å². The smallest absolute Gasteiger partial charge is 0.272 e. The molecule has 2 aromatic rings. The maximum absolute atomic E-state index is 11.9. The lowest BCUT2D eigenvalue weighted by atomic mass is 10.1. The van der Waals surface area contributed by atoms with Gasteiger partial charge in [0.1, 0.15) is 5.69 Å². The van der Waals surface area contributed by atoms with Crippen molar-refractivity contribution in [3.05, 3.63) is 51.8 Å². The summed E-state index contributed by atoms with van der Waals surface area (Å²) in [6.45, 7) is 1.80. The van der Waals surface area contributed by atoms with Crippen LogP contribution in [0.15, 0.2) is 34.9 Å². The van der Waals surface area contributed by atoms with Crippen molar-refractivity contribution in [2.75, 3.05) is 5.32 Å². The number of aryl methyl sites for hydroxylation is 1. The molecular formula is C13H12BrN3O2. The molecule has 0 saturated carbocycles. The SMILES string of the molecule is Cc1cc(C(N)=O)ccc1NC(=O)c1cc(Br)c[nH]1. The molecule has 1 heterocycles. The molecule has 5 nitrogen and oxygen atoms in total. The Morgan fingerprint density at radius 3 is 2.58 bits per heavy atom. The van der Waals surface area contributed by atoms with E-state index in [-0.39, 0.29) is 5.91 Å². The molecule has 2 amide bonds. The summed E-state index contributed by atoms with van der Waals surface area (Å²) in [6, 6.07) is 6.56. The molecule has 98 valence electrons. The van der Waals surface area contributed by atoms with Crippen LogP contribution in [0.1, 0.15) is 26.4 Å². The second kappa shape index (κ2) is 5.27. The third-order valence-electron chi connectivity index (χ3n) is 2.65. The minimum atomic E-state index is -0.491. The van der Waals surface area contributed by atoms with Crippen molar-refractivity contribution in [3.63, 3.8) is 0 Å². The number of benzene rings is 1. The topological polar surface area (TPSA) is 88.0 Å². The van der Waals surface area contributed by atoms with Crippen LogP contribution in [0.4, 0.5) is 5.69 Å². The van der Waals surface area contributed by atoms with Gasteiger partial charge in [-0.3, -0.25) is 9.59 Å². The largest absolute Gasteiger partial charge is 0.366 e. The van der Waals surface area contributed by atoms with Gasteiger partial charge in [0.05, 0.1) is 0 Å². The first kappa shape index (κ1) is 13.4. The van der Waals surface area contributed by atoms with Gasteiger partial charge in [-0.1, -0.05) is 0 Å². The van der Waals surface area contributed by atoms with Gasteiger partial charge in [-0.25, -0.2) is 0 Å². The van der Waals surface area contributed by atoms with Crippen LogP contribution in [0.2, 0.25) is 0 Å². The summed E-state index contributed by atoms with van der Waals surface area (Å²) < 4.78 is 0.804. The highest BCUT2D eigenvalue weighted by Crippen LogP contribution is 2.18. The van der Waals surface area contributed by atoms with E-state index in [1.807, 2.05) is 0 Å². The van der Waals surface area contributed by atoms with Crippen LogP contribution in [0.5, 0.6) is 0 Å². The number of carbonyl (C=O) groups is 2. The van der Waals surface area contributed by atoms with Gasteiger partial charge >= 0.3 is 0 Å². The average Bonchev–Trinajstić information content (AvgIpc) is 2.78. The lowest BCUT2D eigenvalue weighted by molar-refractivity contribution is 0.0998. The Morgan fingerprint density at radius 1 is 1.32 bits per heavy atom. The third kappa shape index (κ3) is 3.03. The van der Waals surface area contributed by atoms with Crippen molar-refractivity contribution >= 4 is 33.4 Å². The second-order valence-corrected chi connectivity index (χ2v) is 5.00. The Bertz CT molecular complexity index is 649. The lowest BCUT2D eigenvalue weighted by Crippen LogP contribution is -2.15. The average molecular weight is 322 g/mol. The number of rotatable bonds is 3. The number of halogens is 1. The van der Waals surface area contributed by atoms with Crippen LogP contribution < -0.4 is 11.1 Å². The van der Waals surface area contributed by atoms with E-state index in [1.54, 1.807) is 37.4 Å². The fourth-order valence-electron chi connectivity index (χ4n) is 1.65. The van der Waals surface area contributed by atoms with Gasteiger partial charge in [-0.15, -0.1) is 0 Å². The Morgan fingerprint density at radius 2 is 2.05 bits per heavy atom. The van der Waals surface area contributed by atoms with Crippen molar-refractivity contribution in [1.29, 1.82) is 0 Å². The maximum Gasteiger partial charge on any atom is 0.272 e. The number of nitrogens with two attached hydrogens (primary N) is 1. The zero-order chi connectivity index (χ0) is 14.0. The van der Waals surface area contributed by atoms with E-state index < -0.39 is 5.91 Å². The van der Waals surface area contributed by atoms with Crippen LogP contribution in [0.3, 0.4) is 0 Å². The molecule has 0 fully saturated rings. The first-order chi connectivity index (χ1) is 8.97. The molecule has 0 unspecified atom stereocenters. The minimum absolute atomic E-state index is 0.249. The number of H-pyrrole nitrogens is 1. The maximum atomic E-state index is 11.9. The Hall–Kier alpha value is -2.08.